The van der Waals surface area contributed by atoms with Crippen molar-refractivity contribution in [2.75, 3.05) is 19.6 Å². The van der Waals surface area contributed by atoms with Crippen LogP contribution in [0.25, 0.3) is 32.1 Å². The Balaban J connectivity index is 1.84. The van der Waals surface area contributed by atoms with E-state index in [2.05, 4.69) is 54.9 Å². The molecule has 1 atom stereocenters. The summed E-state index contributed by atoms with van der Waals surface area (Å²) in [7, 11) is 0. The van der Waals surface area contributed by atoms with Crippen LogP contribution in [0.1, 0.15) is 37.8 Å². The van der Waals surface area contributed by atoms with Gasteiger partial charge in [-0.05, 0) is 60.1 Å². The molecule has 0 saturated heterocycles. The van der Waals surface area contributed by atoms with E-state index in [1.807, 2.05) is 18.4 Å². The molecule has 156 valence electrons. The number of aromatic hydroxyl groups is 1. The Morgan fingerprint density at radius 2 is 1.83 bits per heavy atom. The van der Waals surface area contributed by atoms with Crippen LogP contribution < -0.4 is 5.56 Å². The molecule has 0 spiro atoms. The molecule has 0 aliphatic rings. The van der Waals surface area contributed by atoms with Crippen molar-refractivity contribution in [3.05, 3.63) is 63.3 Å². The summed E-state index contributed by atoms with van der Waals surface area (Å²) in [6.07, 6.45) is 0. The molecule has 2 heterocycles. The van der Waals surface area contributed by atoms with Crippen LogP contribution in [0.15, 0.2) is 46.6 Å². The fourth-order valence-electron chi connectivity index (χ4n) is 4.33. The summed E-state index contributed by atoms with van der Waals surface area (Å²) in [6.45, 7) is 11.7. The molecule has 0 aliphatic heterocycles. The van der Waals surface area contributed by atoms with Gasteiger partial charge in [0.25, 0.3) is 5.56 Å². The van der Waals surface area contributed by atoms with Gasteiger partial charge in [-0.15, -0.1) is 11.3 Å². The zero-order valence-corrected chi connectivity index (χ0v) is 18.8. The molecule has 0 fully saturated rings. The fourth-order valence-corrected chi connectivity index (χ4v) is 5.12. The lowest BCUT2D eigenvalue weighted by Crippen LogP contribution is -2.27. The molecule has 4 rings (SSSR count). The maximum atomic E-state index is 12.5. The number of rotatable bonds is 6. The van der Waals surface area contributed by atoms with Crippen molar-refractivity contribution >= 4 is 32.3 Å². The Morgan fingerprint density at radius 1 is 1.13 bits per heavy atom. The molecule has 0 radical (unpaired) electrons. The summed E-state index contributed by atoms with van der Waals surface area (Å²) < 4.78 is 0.693. The van der Waals surface area contributed by atoms with E-state index in [-0.39, 0.29) is 11.3 Å². The van der Waals surface area contributed by atoms with E-state index < -0.39 is 0 Å². The number of pyridine rings is 1. The number of hydrogen-bond acceptors (Lipinski definition) is 4. The molecule has 0 unspecified atom stereocenters. The first-order chi connectivity index (χ1) is 14.4. The van der Waals surface area contributed by atoms with E-state index in [1.165, 1.54) is 16.9 Å². The third kappa shape index (κ3) is 3.53. The quantitative estimate of drug-likeness (QED) is 0.410. The SMILES string of the molecule is CCN(CC)C[C@H](C)c1ccc(-c2c(O)cc(C)c3[nH]c(=O)c4sccc4c23)cc1. The molecule has 4 nitrogen and oxygen atoms in total. The number of H-pyrrole nitrogens is 1. The Labute approximate surface area is 180 Å². The molecular formula is C25H28N2O2S. The minimum absolute atomic E-state index is 0.0761. The van der Waals surface area contributed by atoms with Crippen molar-refractivity contribution in [3.63, 3.8) is 0 Å². The van der Waals surface area contributed by atoms with Gasteiger partial charge in [0, 0.05) is 22.9 Å². The lowest BCUT2D eigenvalue weighted by atomic mass is 9.92. The highest BCUT2D eigenvalue weighted by molar-refractivity contribution is 7.17. The van der Waals surface area contributed by atoms with Crippen LogP contribution in [0, 0.1) is 6.92 Å². The first kappa shape index (κ1) is 20.6. The summed E-state index contributed by atoms with van der Waals surface area (Å²) >= 11 is 1.43. The number of benzene rings is 2. The van der Waals surface area contributed by atoms with Gasteiger partial charge < -0.3 is 15.0 Å². The van der Waals surface area contributed by atoms with Gasteiger partial charge in [0.2, 0.25) is 0 Å². The summed E-state index contributed by atoms with van der Waals surface area (Å²) in [5.41, 5.74) is 4.59. The highest BCUT2D eigenvalue weighted by Crippen LogP contribution is 2.41. The van der Waals surface area contributed by atoms with Crippen molar-refractivity contribution in [3.8, 4) is 16.9 Å². The lowest BCUT2D eigenvalue weighted by Gasteiger charge is -2.23. The Hall–Kier alpha value is -2.63. The van der Waals surface area contributed by atoms with E-state index in [0.717, 1.165) is 52.6 Å². The van der Waals surface area contributed by atoms with Crippen LogP contribution >= 0.6 is 11.3 Å². The van der Waals surface area contributed by atoms with E-state index in [9.17, 15) is 9.90 Å². The van der Waals surface area contributed by atoms with E-state index >= 15 is 0 Å². The van der Waals surface area contributed by atoms with E-state index in [1.54, 1.807) is 6.07 Å². The number of aryl methyl sites for hydroxylation is 1. The van der Waals surface area contributed by atoms with Crippen LogP contribution in [-0.2, 0) is 0 Å². The molecule has 30 heavy (non-hydrogen) atoms. The van der Waals surface area contributed by atoms with Crippen molar-refractivity contribution in [1.29, 1.82) is 0 Å². The topological polar surface area (TPSA) is 56.3 Å². The lowest BCUT2D eigenvalue weighted by molar-refractivity contribution is 0.288. The highest BCUT2D eigenvalue weighted by atomic mass is 32.1. The molecule has 2 aromatic carbocycles. The van der Waals surface area contributed by atoms with E-state index in [4.69, 9.17) is 0 Å². The van der Waals surface area contributed by atoms with Crippen molar-refractivity contribution in [1.82, 2.24) is 9.88 Å². The molecule has 2 aromatic heterocycles. The number of nitrogens with zero attached hydrogens (tertiary/aromatic N) is 1. The van der Waals surface area contributed by atoms with Gasteiger partial charge in [-0.25, -0.2) is 0 Å². The number of aromatic amines is 1. The number of likely N-dealkylation sites (N-methyl/N-ethyl adjacent to an activating group) is 1. The van der Waals surface area contributed by atoms with Gasteiger partial charge in [-0.3, -0.25) is 4.79 Å². The zero-order chi connectivity index (χ0) is 21.4. The Kier molecular flexibility index (Phi) is 5.67. The Morgan fingerprint density at radius 3 is 2.50 bits per heavy atom. The predicted octanol–water partition coefficient (Wildman–Crippen LogP) is 5.87. The number of phenolic OH excluding ortho intramolecular Hbond substituents is 1. The van der Waals surface area contributed by atoms with Gasteiger partial charge in [-0.2, -0.15) is 0 Å². The summed E-state index contributed by atoms with van der Waals surface area (Å²) in [4.78, 5) is 17.9. The summed E-state index contributed by atoms with van der Waals surface area (Å²) in [6, 6.07) is 12.2. The molecule has 2 N–H and O–H groups in total. The molecule has 5 heteroatoms. The number of phenols is 1. The predicted molar refractivity (Wildman–Crippen MR) is 128 cm³/mol. The first-order valence-corrected chi connectivity index (χ1v) is 11.4. The molecule has 0 bridgehead atoms. The maximum absolute atomic E-state index is 12.5. The maximum Gasteiger partial charge on any atom is 0.266 e. The van der Waals surface area contributed by atoms with Crippen molar-refractivity contribution in [2.24, 2.45) is 0 Å². The van der Waals surface area contributed by atoms with Crippen molar-refractivity contribution in [2.45, 2.75) is 33.6 Å². The smallest absolute Gasteiger partial charge is 0.266 e. The van der Waals surface area contributed by atoms with Crippen LogP contribution in [0.5, 0.6) is 5.75 Å². The standard InChI is InChI=1S/C25H28N2O2S/c1-5-27(6-2)14-16(4)17-7-9-18(10-8-17)21-20(28)13-15(3)23-22(21)19-11-12-30-24(19)25(29)26-23/h7-13,16,28H,5-6,14H2,1-4H3,(H,26,29)/t16-/m0/s1. The van der Waals surface area contributed by atoms with Gasteiger partial charge >= 0.3 is 0 Å². The van der Waals surface area contributed by atoms with Gasteiger partial charge in [0.05, 0.1) is 5.52 Å². The minimum atomic E-state index is -0.0761. The number of aromatic nitrogens is 1. The van der Waals surface area contributed by atoms with E-state index in [0.29, 0.717) is 10.6 Å². The van der Waals surface area contributed by atoms with Gasteiger partial charge in [0.1, 0.15) is 10.4 Å². The monoisotopic (exact) mass is 420 g/mol. The highest BCUT2D eigenvalue weighted by Gasteiger charge is 2.18. The number of fused-ring (bicyclic) bond motifs is 3. The van der Waals surface area contributed by atoms with Crippen LogP contribution in [-0.4, -0.2) is 34.6 Å². The summed E-state index contributed by atoms with van der Waals surface area (Å²) in [5.74, 6) is 0.672. The molecular weight excluding hydrogens is 392 g/mol. The molecule has 0 saturated carbocycles. The van der Waals surface area contributed by atoms with Crippen LogP contribution in [0.2, 0.25) is 0 Å². The number of nitrogens with one attached hydrogen (secondary N) is 1. The first-order valence-electron chi connectivity index (χ1n) is 10.5. The van der Waals surface area contributed by atoms with Gasteiger partial charge in [-0.1, -0.05) is 45.0 Å². The normalized spacial score (nSPS) is 12.8. The third-order valence-electron chi connectivity index (χ3n) is 6.08. The second-order valence-electron chi connectivity index (χ2n) is 7.96. The zero-order valence-electron chi connectivity index (χ0n) is 18.0. The van der Waals surface area contributed by atoms with Crippen LogP contribution in [0.3, 0.4) is 0 Å². The van der Waals surface area contributed by atoms with Crippen LogP contribution in [0.4, 0.5) is 0 Å². The number of thiophene rings is 1. The van der Waals surface area contributed by atoms with Crippen molar-refractivity contribution < 1.29 is 5.11 Å². The number of hydrogen-bond donors (Lipinski definition) is 2. The summed E-state index contributed by atoms with van der Waals surface area (Å²) in [5, 5.41) is 14.6. The average molecular weight is 421 g/mol. The second-order valence-corrected chi connectivity index (χ2v) is 8.88. The molecule has 0 amide bonds. The second kappa shape index (κ2) is 8.25. The minimum Gasteiger partial charge on any atom is -0.507 e. The van der Waals surface area contributed by atoms with Gasteiger partial charge in [0.15, 0.2) is 0 Å². The molecule has 0 aliphatic carbocycles. The average Bonchev–Trinajstić information content (AvgIpc) is 3.24. The Bertz CT molecular complexity index is 1250. The largest absolute Gasteiger partial charge is 0.507 e. The third-order valence-corrected chi connectivity index (χ3v) is 6.99. The molecule has 4 aromatic rings. The fraction of sp³-hybridized carbons (Fsp3) is 0.320.